The Labute approximate surface area is 183 Å². The summed E-state index contributed by atoms with van der Waals surface area (Å²) in [5.74, 6) is 0.712. The molecule has 3 rings (SSSR count). The van der Waals surface area contributed by atoms with E-state index >= 15 is 0 Å². The van der Waals surface area contributed by atoms with Crippen LogP contribution >= 0.6 is 0 Å². The molecule has 1 aliphatic heterocycles. The monoisotopic (exact) mass is 428 g/mol. The highest BCUT2D eigenvalue weighted by molar-refractivity contribution is 5.91. The van der Waals surface area contributed by atoms with Crippen molar-refractivity contribution in [3.05, 3.63) is 48.3 Å². The van der Waals surface area contributed by atoms with Crippen LogP contribution in [0.15, 0.2) is 36.9 Å². The molecule has 0 bridgehead atoms. The van der Waals surface area contributed by atoms with Gasteiger partial charge >= 0.3 is 12.1 Å². The molecular weight excluding hydrogens is 396 g/mol. The predicted octanol–water partition coefficient (Wildman–Crippen LogP) is 4.17. The molecule has 0 aliphatic carbocycles. The summed E-state index contributed by atoms with van der Waals surface area (Å²) in [7, 11) is 0. The molecule has 9 nitrogen and oxygen atoms in total. The van der Waals surface area contributed by atoms with E-state index in [0.29, 0.717) is 24.6 Å². The molecule has 2 amide bonds. The van der Waals surface area contributed by atoms with Crippen LogP contribution in [-0.4, -0.2) is 50.5 Å². The topological polar surface area (TPSA) is 115 Å². The van der Waals surface area contributed by atoms with Crippen LogP contribution in [0.5, 0.6) is 0 Å². The number of amides is 2. The number of carbonyl (C=O) groups excluding carboxylic acids is 2. The second kappa shape index (κ2) is 10.1. The summed E-state index contributed by atoms with van der Waals surface area (Å²) in [5, 5.41) is 6.70. The normalized spacial score (nSPS) is 15.6. The fourth-order valence-electron chi connectivity index (χ4n) is 3.12. The summed E-state index contributed by atoms with van der Waals surface area (Å²) in [6, 6.07) is 7.08. The van der Waals surface area contributed by atoms with Crippen molar-refractivity contribution in [1.29, 1.82) is 0 Å². The van der Waals surface area contributed by atoms with Crippen molar-refractivity contribution in [2.75, 3.05) is 24.1 Å². The van der Waals surface area contributed by atoms with Gasteiger partial charge in [-0.25, -0.2) is 9.59 Å². The molecule has 0 spiro atoms. The van der Waals surface area contributed by atoms with Gasteiger partial charge in [0.05, 0.1) is 0 Å². The van der Waals surface area contributed by atoms with E-state index in [1.807, 2.05) is 52.0 Å². The molecule has 168 valence electrons. The summed E-state index contributed by atoms with van der Waals surface area (Å²) in [5.41, 5.74) is 6.90. The van der Waals surface area contributed by atoms with E-state index < -0.39 is 11.6 Å². The van der Waals surface area contributed by atoms with Gasteiger partial charge in [-0.2, -0.15) is 4.98 Å². The lowest BCUT2D eigenvalue weighted by atomic mass is 9.98. The zero-order chi connectivity index (χ0) is 23.2. The van der Waals surface area contributed by atoms with Crippen molar-refractivity contribution in [3.63, 3.8) is 0 Å². The predicted molar refractivity (Wildman–Crippen MR) is 121 cm³/mol. The van der Waals surface area contributed by atoms with Crippen molar-refractivity contribution < 1.29 is 14.3 Å². The van der Waals surface area contributed by atoms with Crippen molar-refractivity contribution in [3.8, 4) is 0 Å². The lowest BCUT2D eigenvalue weighted by molar-refractivity contribution is 0.0292. The smallest absolute Gasteiger partial charge is 0.410 e. The van der Waals surface area contributed by atoms with Gasteiger partial charge in [0.15, 0.2) is 0 Å². The molecule has 0 radical (unpaired) electrons. The largest absolute Gasteiger partial charge is 0.444 e. The Morgan fingerprint density at radius 1 is 1.29 bits per heavy atom. The molecule has 1 aliphatic rings. The van der Waals surface area contributed by atoms with Gasteiger partial charge in [-0.15, -0.1) is 16.4 Å². The van der Waals surface area contributed by atoms with Gasteiger partial charge in [-0.05, 0) is 58.7 Å². The molecule has 2 aromatic rings. The van der Waals surface area contributed by atoms with Crippen LogP contribution in [-0.2, 0) is 4.74 Å². The van der Waals surface area contributed by atoms with Gasteiger partial charge < -0.3 is 20.7 Å². The van der Waals surface area contributed by atoms with Crippen LogP contribution in [0.25, 0.3) is 0 Å². The first-order chi connectivity index (χ1) is 14.5. The molecule has 3 N–H and O–H groups in total. The van der Waals surface area contributed by atoms with E-state index in [0.717, 1.165) is 16.7 Å². The third kappa shape index (κ3) is 6.84. The molecule has 1 atom stereocenters. The van der Waals surface area contributed by atoms with Crippen molar-refractivity contribution in [2.24, 2.45) is 0 Å². The summed E-state index contributed by atoms with van der Waals surface area (Å²) in [6.07, 6.45) is 2.35. The molecule has 1 unspecified atom stereocenters. The van der Waals surface area contributed by atoms with Crippen molar-refractivity contribution in [1.82, 2.24) is 19.7 Å². The zero-order valence-corrected chi connectivity index (χ0v) is 18.9. The molecule has 1 saturated heterocycles. The number of carbonyl (C=O) groups is 2. The number of nitrogen functional groups attached to an aromatic ring is 1. The number of benzene rings is 1. The van der Waals surface area contributed by atoms with Crippen LogP contribution in [0.2, 0.25) is 0 Å². The first-order valence-corrected chi connectivity index (χ1v) is 10.2. The fraction of sp³-hybridized carbons (Fsp3) is 0.455. The Morgan fingerprint density at radius 2 is 1.90 bits per heavy atom. The average Bonchev–Trinajstić information content (AvgIpc) is 3.28. The maximum Gasteiger partial charge on any atom is 0.410 e. The van der Waals surface area contributed by atoms with E-state index in [9.17, 15) is 9.59 Å². The van der Waals surface area contributed by atoms with Gasteiger partial charge in [0, 0.05) is 24.7 Å². The maximum atomic E-state index is 12.2. The number of hydrogen-bond donors (Lipinski definition) is 2. The van der Waals surface area contributed by atoms with Gasteiger partial charge in [0.25, 0.3) is 0 Å². The number of hydrogen-bond acceptors (Lipinski definition) is 6. The Balaban J connectivity index is 0.00000107. The zero-order valence-electron chi connectivity index (χ0n) is 18.9. The highest BCUT2D eigenvalue weighted by atomic mass is 16.6. The minimum atomic E-state index is -0.499. The highest BCUT2D eigenvalue weighted by Crippen LogP contribution is 2.29. The number of rotatable bonds is 2. The van der Waals surface area contributed by atoms with E-state index in [1.54, 1.807) is 17.9 Å². The quantitative estimate of drug-likeness (QED) is 0.694. The van der Waals surface area contributed by atoms with Crippen LogP contribution < -0.4 is 11.1 Å². The maximum absolute atomic E-state index is 12.2. The second-order valence-corrected chi connectivity index (χ2v) is 8.30. The highest BCUT2D eigenvalue weighted by Gasteiger charge is 2.30. The van der Waals surface area contributed by atoms with Crippen LogP contribution in [0, 0.1) is 6.92 Å². The van der Waals surface area contributed by atoms with Gasteiger partial charge in [0.1, 0.15) is 11.4 Å². The first kappa shape index (κ1) is 23.9. The number of anilines is 2. The minimum absolute atomic E-state index is 0.0415. The molecule has 1 aromatic heterocycles. The number of aromatic nitrogens is 3. The van der Waals surface area contributed by atoms with E-state index in [-0.39, 0.29) is 18.0 Å². The summed E-state index contributed by atoms with van der Waals surface area (Å²) >= 11 is 0. The third-order valence-corrected chi connectivity index (χ3v) is 4.40. The summed E-state index contributed by atoms with van der Waals surface area (Å²) < 4.78 is 6.46. The summed E-state index contributed by atoms with van der Waals surface area (Å²) in [6.45, 7) is 13.8. The molecule has 9 heteroatoms. The Bertz CT molecular complexity index is 914. The number of nitrogens with one attached hydrogen (secondary N) is 1. The molecule has 1 fully saturated rings. The number of likely N-dealkylation sites (tertiary alicyclic amines) is 1. The second-order valence-electron chi connectivity index (χ2n) is 8.30. The number of nitrogens with two attached hydrogens (primary N) is 1. The Morgan fingerprint density at radius 3 is 2.42 bits per heavy atom. The molecule has 0 saturated carbocycles. The summed E-state index contributed by atoms with van der Waals surface area (Å²) in [4.78, 5) is 30.1. The van der Waals surface area contributed by atoms with Crippen molar-refractivity contribution >= 4 is 23.8 Å². The van der Waals surface area contributed by atoms with E-state index in [1.165, 1.54) is 0 Å². The lowest BCUT2D eigenvalue weighted by Gasteiger charge is -2.24. The number of ether oxygens (including phenoxy) is 1. The number of allylic oxidation sites excluding steroid dienone is 1. The number of nitrogens with zero attached hydrogens (tertiary/aromatic N) is 4. The van der Waals surface area contributed by atoms with Gasteiger partial charge in [-0.3, -0.25) is 0 Å². The van der Waals surface area contributed by atoms with Crippen molar-refractivity contribution in [2.45, 2.75) is 52.6 Å². The molecule has 1 aromatic carbocycles. The number of aryl methyl sites for hydroxylation is 1. The Hall–Kier alpha value is -3.36. The minimum Gasteiger partial charge on any atom is -0.444 e. The van der Waals surface area contributed by atoms with Crippen LogP contribution in [0.3, 0.4) is 0 Å². The SMILES string of the molecule is C=CC.Cc1nc(N)n(C(=O)Nc2ccc(C3CCN(C(=O)OC(C)(C)C)C3)cc2)n1. The molecule has 2 heterocycles. The molecule has 31 heavy (non-hydrogen) atoms. The van der Waals surface area contributed by atoms with E-state index in [4.69, 9.17) is 10.5 Å². The standard InChI is InChI=1S/C19H26N6O3.C3H6/c1-12-21-16(20)25(23-12)17(26)22-15-7-5-13(6-8-15)14-9-10-24(11-14)18(27)28-19(2,3)4;1-3-2/h5-8,14H,9-11H2,1-4H3,(H,22,26)(H2,20,21,23);3H,1H2,2H3. The first-order valence-electron chi connectivity index (χ1n) is 10.2. The van der Waals surface area contributed by atoms with Gasteiger partial charge in [0.2, 0.25) is 5.95 Å². The van der Waals surface area contributed by atoms with Crippen LogP contribution in [0.4, 0.5) is 21.2 Å². The van der Waals surface area contributed by atoms with E-state index in [2.05, 4.69) is 22.0 Å². The fourth-order valence-corrected chi connectivity index (χ4v) is 3.12. The third-order valence-electron chi connectivity index (χ3n) is 4.40. The average molecular weight is 429 g/mol. The van der Waals surface area contributed by atoms with Gasteiger partial charge in [-0.1, -0.05) is 18.2 Å². The Kier molecular flexibility index (Phi) is 7.79. The molecular formula is C22H32N6O3. The lowest BCUT2D eigenvalue weighted by Crippen LogP contribution is -2.35. The van der Waals surface area contributed by atoms with Crippen LogP contribution in [0.1, 0.15) is 51.4 Å².